The first-order valence-electron chi connectivity index (χ1n) is 15.0. The number of dihydropyridines is 1. The largest absolute Gasteiger partial charge is 0.497 e. The topological polar surface area (TPSA) is 109 Å². The van der Waals surface area contributed by atoms with Gasteiger partial charge in [-0.15, -0.1) is 0 Å². The normalized spacial score (nSPS) is 16.3. The van der Waals surface area contributed by atoms with Crippen LogP contribution in [0.3, 0.4) is 0 Å². The second kappa shape index (κ2) is 14.9. The van der Waals surface area contributed by atoms with Gasteiger partial charge < -0.3 is 34.6 Å². The number of amides is 2. The maximum atomic E-state index is 13.1. The second-order valence-corrected chi connectivity index (χ2v) is 11.3. The third-order valence-electron chi connectivity index (χ3n) is 8.51. The van der Waals surface area contributed by atoms with E-state index >= 15 is 0 Å². The number of esters is 2. The van der Waals surface area contributed by atoms with E-state index in [0.29, 0.717) is 46.3 Å². The van der Waals surface area contributed by atoms with E-state index in [-0.39, 0.29) is 6.03 Å². The van der Waals surface area contributed by atoms with Crippen LogP contribution in [0.25, 0.3) is 0 Å². The molecule has 0 spiro atoms. The molecule has 0 radical (unpaired) electrons. The molecule has 2 aliphatic rings. The average molecular weight is 605 g/mol. The molecule has 1 saturated heterocycles. The molecule has 2 heterocycles. The molecular weight excluding hydrogens is 560 g/mol. The maximum Gasteiger partial charge on any atom is 0.336 e. The predicted octanol–water partition coefficient (Wildman–Crippen LogP) is 5.01. The molecule has 10 heteroatoms. The first-order valence-corrected chi connectivity index (χ1v) is 15.0. The number of hydrogen-bond acceptors (Lipinski definition) is 8. The lowest BCUT2D eigenvalue weighted by molar-refractivity contribution is -0.137. The van der Waals surface area contributed by atoms with Crippen LogP contribution in [0.2, 0.25) is 0 Å². The van der Waals surface area contributed by atoms with Crippen LogP contribution in [0.15, 0.2) is 71.1 Å². The summed E-state index contributed by atoms with van der Waals surface area (Å²) < 4.78 is 15.5. The molecule has 0 atom stereocenters. The van der Waals surface area contributed by atoms with Crippen molar-refractivity contribution in [3.05, 3.63) is 82.2 Å². The zero-order chi connectivity index (χ0) is 31.8. The Bertz CT molecular complexity index is 1390. The molecular formula is C34H44N4O6. The molecule has 0 bridgehead atoms. The molecule has 2 N–H and O–H groups in total. The average Bonchev–Trinajstić information content (AvgIpc) is 3.04. The van der Waals surface area contributed by atoms with Gasteiger partial charge in [-0.1, -0.05) is 24.3 Å². The number of carbonyl (C=O) groups is 3. The number of rotatable bonds is 10. The molecule has 2 aromatic rings. The fourth-order valence-corrected chi connectivity index (χ4v) is 6.12. The summed E-state index contributed by atoms with van der Waals surface area (Å²) in [5.74, 6) is -0.374. The first-order chi connectivity index (χ1) is 21.2. The lowest BCUT2D eigenvalue weighted by Crippen LogP contribution is -2.37. The summed E-state index contributed by atoms with van der Waals surface area (Å²) in [4.78, 5) is 42.9. The number of carbonyl (C=O) groups excluding carboxylic acids is 3. The molecule has 2 aromatic carbocycles. The number of nitrogens with one attached hydrogen (secondary N) is 2. The van der Waals surface area contributed by atoms with Gasteiger partial charge in [0.1, 0.15) is 5.75 Å². The van der Waals surface area contributed by atoms with E-state index in [0.717, 1.165) is 44.6 Å². The molecule has 0 aliphatic carbocycles. The summed E-state index contributed by atoms with van der Waals surface area (Å²) in [6.45, 7) is 7.13. The summed E-state index contributed by atoms with van der Waals surface area (Å²) in [6, 6.07) is 15.3. The summed E-state index contributed by atoms with van der Waals surface area (Å²) >= 11 is 0. The Labute approximate surface area is 260 Å². The smallest absolute Gasteiger partial charge is 0.336 e. The van der Waals surface area contributed by atoms with Crippen LogP contribution in [0.1, 0.15) is 56.1 Å². The molecule has 2 amide bonds. The van der Waals surface area contributed by atoms with E-state index in [4.69, 9.17) is 14.2 Å². The maximum absolute atomic E-state index is 13.1. The summed E-state index contributed by atoms with van der Waals surface area (Å²) in [5, 5.41) is 6.07. The Morgan fingerprint density at radius 2 is 1.52 bits per heavy atom. The number of urea groups is 1. The highest BCUT2D eigenvalue weighted by atomic mass is 16.5. The van der Waals surface area contributed by atoms with Gasteiger partial charge in [0.2, 0.25) is 0 Å². The first kappa shape index (κ1) is 32.6. The minimum atomic E-state index is -0.723. The van der Waals surface area contributed by atoms with Gasteiger partial charge in [-0.2, -0.15) is 0 Å². The van der Waals surface area contributed by atoms with Crippen molar-refractivity contribution in [2.75, 3.05) is 59.9 Å². The fourth-order valence-electron chi connectivity index (χ4n) is 6.12. The summed E-state index contributed by atoms with van der Waals surface area (Å²) in [7, 11) is 6.09. The number of likely N-dealkylation sites (tertiary alicyclic amines) is 1. The van der Waals surface area contributed by atoms with Crippen LogP contribution < -0.4 is 15.4 Å². The molecule has 1 fully saturated rings. The number of methoxy groups -OCH3 is 3. The van der Waals surface area contributed by atoms with Gasteiger partial charge in [0.25, 0.3) is 0 Å². The number of ether oxygens (including phenoxy) is 3. The van der Waals surface area contributed by atoms with Crippen molar-refractivity contribution in [2.45, 2.75) is 44.9 Å². The van der Waals surface area contributed by atoms with Crippen LogP contribution in [-0.2, 0) is 19.1 Å². The minimum absolute atomic E-state index is 0.232. The van der Waals surface area contributed by atoms with E-state index in [1.807, 2.05) is 12.1 Å². The van der Waals surface area contributed by atoms with E-state index < -0.39 is 17.9 Å². The lowest BCUT2D eigenvalue weighted by Gasteiger charge is -2.32. The van der Waals surface area contributed by atoms with Crippen LogP contribution in [0, 0.1) is 0 Å². The van der Waals surface area contributed by atoms with E-state index in [1.54, 1.807) is 51.1 Å². The Morgan fingerprint density at radius 1 is 0.909 bits per heavy atom. The number of hydrogen-bond donors (Lipinski definition) is 2. The standard InChI is InChI=1S/C34H44N4O6/c1-22-29(32(39)43-5)31(30(23(2)35-22)33(40)44-6)26-11-7-12-27(20-26)36-34(41)37(3)16-9-17-38-18-14-24(15-19-38)25-10-8-13-28(21-25)42-4/h7-8,10-13,20-21,24,31,35H,9,14-19H2,1-6H3,(H,36,41). The molecule has 10 nitrogen and oxygen atoms in total. The number of allylic oxidation sites excluding steroid dienone is 2. The highest BCUT2D eigenvalue weighted by Crippen LogP contribution is 2.40. The minimum Gasteiger partial charge on any atom is -0.497 e. The third kappa shape index (κ3) is 7.60. The van der Waals surface area contributed by atoms with Gasteiger partial charge in [0.15, 0.2) is 0 Å². The molecule has 2 aliphatic heterocycles. The van der Waals surface area contributed by atoms with Crippen molar-refractivity contribution in [1.29, 1.82) is 0 Å². The van der Waals surface area contributed by atoms with Gasteiger partial charge >= 0.3 is 18.0 Å². The molecule has 44 heavy (non-hydrogen) atoms. The van der Waals surface area contributed by atoms with Crippen LogP contribution in [0.4, 0.5) is 10.5 Å². The Kier molecular flexibility index (Phi) is 11.1. The lowest BCUT2D eigenvalue weighted by atomic mass is 9.80. The van der Waals surface area contributed by atoms with Crippen molar-refractivity contribution >= 4 is 23.7 Å². The Hall–Kier alpha value is -4.31. The van der Waals surface area contributed by atoms with E-state index in [1.165, 1.54) is 19.8 Å². The molecule has 0 unspecified atom stereocenters. The second-order valence-electron chi connectivity index (χ2n) is 11.3. The molecule has 0 aromatic heterocycles. The summed E-state index contributed by atoms with van der Waals surface area (Å²) in [5.41, 5.74) is 4.35. The fraction of sp³-hybridized carbons (Fsp3) is 0.441. The number of piperidine rings is 1. The van der Waals surface area contributed by atoms with Crippen molar-refractivity contribution in [3.8, 4) is 5.75 Å². The number of anilines is 1. The van der Waals surface area contributed by atoms with E-state index in [2.05, 4.69) is 33.7 Å². The van der Waals surface area contributed by atoms with Gasteiger partial charge in [-0.3, -0.25) is 0 Å². The highest BCUT2D eigenvalue weighted by Gasteiger charge is 2.37. The van der Waals surface area contributed by atoms with Crippen molar-refractivity contribution in [1.82, 2.24) is 15.1 Å². The van der Waals surface area contributed by atoms with Gasteiger partial charge in [-0.25, -0.2) is 14.4 Å². The number of benzene rings is 2. The molecule has 236 valence electrons. The summed E-state index contributed by atoms with van der Waals surface area (Å²) in [6.07, 6.45) is 3.08. The number of nitrogens with zero attached hydrogens (tertiary/aromatic N) is 2. The van der Waals surface area contributed by atoms with Gasteiger partial charge in [0, 0.05) is 30.7 Å². The van der Waals surface area contributed by atoms with Crippen LogP contribution >= 0.6 is 0 Å². The third-order valence-corrected chi connectivity index (χ3v) is 8.51. The quantitative estimate of drug-likeness (QED) is 0.365. The van der Waals surface area contributed by atoms with Crippen molar-refractivity contribution in [3.63, 3.8) is 0 Å². The van der Waals surface area contributed by atoms with Gasteiger partial charge in [0.05, 0.1) is 38.4 Å². The molecule has 0 saturated carbocycles. The van der Waals surface area contributed by atoms with Crippen LogP contribution in [0.5, 0.6) is 5.75 Å². The Morgan fingerprint density at radius 3 is 2.14 bits per heavy atom. The molecule has 4 rings (SSSR count). The van der Waals surface area contributed by atoms with Crippen molar-refractivity contribution in [2.24, 2.45) is 0 Å². The Balaban J connectivity index is 1.34. The SMILES string of the molecule is COC(=O)C1=C(C)NC(C)=C(C(=O)OC)C1c1cccc(NC(=O)N(C)CCCN2CCC(c3cccc(OC)c3)CC2)c1. The van der Waals surface area contributed by atoms with Crippen LogP contribution in [-0.4, -0.2) is 82.3 Å². The zero-order valence-corrected chi connectivity index (χ0v) is 26.6. The monoisotopic (exact) mass is 604 g/mol. The zero-order valence-electron chi connectivity index (χ0n) is 26.6. The highest BCUT2D eigenvalue weighted by molar-refractivity contribution is 6.00. The van der Waals surface area contributed by atoms with E-state index in [9.17, 15) is 14.4 Å². The van der Waals surface area contributed by atoms with Gasteiger partial charge in [-0.05, 0) is 94.1 Å². The predicted molar refractivity (Wildman–Crippen MR) is 169 cm³/mol. The van der Waals surface area contributed by atoms with Crippen molar-refractivity contribution < 1.29 is 28.6 Å².